The third-order valence-corrected chi connectivity index (χ3v) is 4.08. The summed E-state index contributed by atoms with van der Waals surface area (Å²) >= 11 is 0. The van der Waals surface area contributed by atoms with Crippen LogP contribution in [0.3, 0.4) is 0 Å². The molecule has 0 spiro atoms. The Morgan fingerprint density at radius 3 is 2.45 bits per heavy atom. The molecule has 1 atom stereocenters. The van der Waals surface area contributed by atoms with Crippen molar-refractivity contribution in [1.29, 1.82) is 0 Å². The van der Waals surface area contributed by atoms with Crippen LogP contribution < -0.4 is 0 Å². The number of alkyl halides is 3. The Morgan fingerprint density at radius 2 is 1.95 bits per heavy atom. The zero-order chi connectivity index (χ0) is 15.4. The Balaban J connectivity index is 3.14. The molecule has 0 saturated carbocycles. The van der Waals surface area contributed by atoms with E-state index in [1.54, 1.807) is 6.92 Å². The van der Waals surface area contributed by atoms with E-state index in [4.69, 9.17) is 4.74 Å². The molecule has 9 heteroatoms. The lowest BCUT2D eigenvalue weighted by Crippen LogP contribution is -2.28. The van der Waals surface area contributed by atoms with Crippen LogP contribution in [0, 0.1) is 0 Å². The minimum atomic E-state index is -5.17. The van der Waals surface area contributed by atoms with Gasteiger partial charge in [-0.15, -0.1) is 17.4 Å². The Bertz CT molecular complexity index is 515. The molecule has 0 fully saturated rings. The molecule has 0 N–H and O–H groups in total. The van der Waals surface area contributed by atoms with Gasteiger partial charge in [0.05, 0.1) is 12.2 Å². The van der Waals surface area contributed by atoms with Gasteiger partial charge in [-0.3, -0.25) is 0 Å². The first-order valence-corrected chi connectivity index (χ1v) is 7.40. The lowest BCUT2D eigenvalue weighted by Gasteiger charge is -2.18. The van der Waals surface area contributed by atoms with Crippen LogP contribution >= 0.6 is 0 Å². The number of carbonyl (C=O) groups is 1. The lowest BCUT2D eigenvalue weighted by molar-refractivity contribution is -0.139. The van der Waals surface area contributed by atoms with Gasteiger partial charge in [0, 0.05) is 6.42 Å². The molecule has 20 heavy (non-hydrogen) atoms. The second-order valence-corrected chi connectivity index (χ2v) is 5.85. The summed E-state index contributed by atoms with van der Waals surface area (Å²) in [4.78, 5) is 11.7. The lowest BCUT2D eigenvalue weighted by atomic mass is 9.98. The smallest absolute Gasteiger partial charge is 0.463 e. The summed E-state index contributed by atoms with van der Waals surface area (Å²) in [5.41, 5.74) is -5.18. The Kier molecular flexibility index (Phi) is 5.43. The van der Waals surface area contributed by atoms with E-state index < -0.39 is 21.6 Å². The zero-order valence-corrected chi connectivity index (χ0v) is 11.9. The number of rotatable bonds is 4. The molecule has 1 unspecified atom stereocenters. The van der Waals surface area contributed by atoms with E-state index in [0.29, 0.717) is 20.0 Å². The maximum atomic E-state index is 12.7. The number of esters is 1. The van der Waals surface area contributed by atoms with Gasteiger partial charge in [-0.25, -0.2) is 4.79 Å². The first kappa shape index (κ1) is 16.8. The van der Waals surface area contributed by atoms with Gasteiger partial charge in [-0.2, -0.15) is 3.84 Å². The second-order valence-electron chi connectivity index (χ2n) is 3.98. The van der Waals surface area contributed by atoms with E-state index in [-0.39, 0.29) is 30.8 Å². The van der Waals surface area contributed by atoms with Gasteiger partial charge in [0.2, 0.25) is 0 Å². The van der Waals surface area contributed by atoms with Crippen molar-refractivity contribution in [1.82, 2.24) is 0 Å². The van der Waals surface area contributed by atoms with Crippen molar-refractivity contribution in [3.63, 3.8) is 0 Å². The fourth-order valence-electron chi connectivity index (χ4n) is 1.71. The molecule has 0 amide bonds. The number of hydrogen-bond acceptors (Lipinski definition) is 4. The van der Waals surface area contributed by atoms with E-state index in [1.165, 1.54) is 0 Å². The number of ether oxygens (including phenoxy) is 1. The third-order valence-electron chi connectivity index (χ3n) is 2.65. The first-order valence-electron chi connectivity index (χ1n) is 5.99. The van der Waals surface area contributed by atoms with Crippen LogP contribution in [0.2, 0.25) is 0 Å². The van der Waals surface area contributed by atoms with Crippen LogP contribution in [0.1, 0.15) is 32.6 Å². The molecule has 1 rings (SSSR count). The van der Waals surface area contributed by atoms with Crippen molar-refractivity contribution in [2.45, 2.75) is 38.1 Å². The van der Waals surface area contributed by atoms with Crippen LogP contribution in [-0.2, 0) is 27.7 Å². The summed E-state index contributed by atoms with van der Waals surface area (Å²) in [6.07, 6.45) is 1.48. The van der Waals surface area contributed by atoms with Gasteiger partial charge in [0.1, 0.15) is 5.76 Å². The molecule has 0 heterocycles. The van der Waals surface area contributed by atoms with Gasteiger partial charge in [0.25, 0.3) is 7.11 Å². The second kappa shape index (κ2) is 6.47. The number of allylic oxidation sites excluding steroid dienone is 1. The third kappa shape index (κ3) is 3.65. The van der Waals surface area contributed by atoms with Crippen molar-refractivity contribution in [3.8, 4) is 0 Å². The Hall–Kier alpha value is -1.25. The molecule has 0 aromatic heterocycles. The summed E-state index contributed by atoms with van der Waals surface area (Å²) in [7, 11) is -4.35. The van der Waals surface area contributed by atoms with E-state index >= 15 is 0 Å². The van der Waals surface area contributed by atoms with Crippen molar-refractivity contribution in [2.75, 3.05) is 13.7 Å². The fraction of sp³-hybridized carbons (Fsp3) is 0.727. The van der Waals surface area contributed by atoms with Gasteiger partial charge in [-0.05, 0) is 26.2 Å². The largest absolute Gasteiger partial charge is 0.588 e. The zero-order valence-electron chi connectivity index (χ0n) is 11.1. The molecule has 5 nitrogen and oxygen atoms in total. The molecule has 0 radical (unpaired) electrons. The predicted octanol–water partition coefficient (Wildman–Crippen LogP) is 2.62. The highest BCUT2D eigenvalue weighted by Gasteiger charge is 2.57. The highest BCUT2D eigenvalue weighted by molar-refractivity contribution is 7.87. The molecule has 1 aliphatic rings. The van der Waals surface area contributed by atoms with Crippen molar-refractivity contribution in [2.24, 2.45) is 0 Å². The highest BCUT2D eigenvalue weighted by atomic mass is 32.2. The monoisotopic (exact) mass is 317 g/mol. The minimum absolute atomic E-state index is 0.00729. The Labute approximate surface area is 115 Å². The maximum Gasteiger partial charge on any atom is 0.588 e. The topological polar surface area (TPSA) is 63.9 Å². The average molecular weight is 317 g/mol. The number of halogens is 3. The van der Waals surface area contributed by atoms with Gasteiger partial charge in [-0.1, -0.05) is 0 Å². The van der Waals surface area contributed by atoms with Crippen LogP contribution in [0.5, 0.6) is 0 Å². The molecule has 0 aliphatic heterocycles. The van der Waals surface area contributed by atoms with Crippen molar-refractivity contribution >= 4 is 16.1 Å². The fourth-order valence-corrected chi connectivity index (χ4v) is 2.51. The average Bonchev–Trinajstić information content (AvgIpc) is 2.38. The van der Waals surface area contributed by atoms with Crippen molar-refractivity contribution in [3.05, 3.63) is 11.3 Å². The maximum absolute atomic E-state index is 12.7. The van der Waals surface area contributed by atoms with E-state index in [9.17, 15) is 22.2 Å². The molecule has 0 bridgehead atoms. The Morgan fingerprint density at radius 1 is 1.35 bits per heavy atom. The summed E-state index contributed by atoms with van der Waals surface area (Å²) < 4.78 is 62.9. The predicted molar refractivity (Wildman–Crippen MR) is 64.0 cm³/mol. The van der Waals surface area contributed by atoms with Gasteiger partial charge in [0.15, 0.2) is 0 Å². The molecular formula is C11H16F3O5S+. The molecule has 0 aromatic carbocycles. The highest BCUT2D eigenvalue weighted by Crippen LogP contribution is 2.33. The van der Waals surface area contributed by atoms with Crippen LogP contribution in [0.4, 0.5) is 13.2 Å². The summed E-state index contributed by atoms with van der Waals surface area (Å²) in [6.45, 7) is 1.67. The standard InChI is InChI=1S/C11H16F3O5S/c1-3-18-10(15)8-6-4-5-7-9(8)19-20(16,17-2)11(12,13)14/h3-7H2,1-2H3/q+1. The summed E-state index contributed by atoms with van der Waals surface area (Å²) in [5.74, 6) is -1.01. The van der Waals surface area contributed by atoms with E-state index in [0.717, 1.165) is 0 Å². The molecular weight excluding hydrogens is 301 g/mol. The van der Waals surface area contributed by atoms with Crippen molar-refractivity contribution < 1.29 is 34.9 Å². The molecule has 1 aliphatic carbocycles. The number of hydrogen-bond donors (Lipinski definition) is 0. The molecule has 0 saturated heterocycles. The SMILES string of the molecule is CCOC(=O)C1=C(OS(=O)(=[O+]C)C(F)(F)F)CCCC1. The molecule has 0 aromatic rings. The van der Waals surface area contributed by atoms with Gasteiger partial charge < -0.3 is 8.92 Å². The molecule has 116 valence electrons. The minimum Gasteiger partial charge on any atom is -0.463 e. The normalized spacial score (nSPS) is 19.2. The van der Waals surface area contributed by atoms with E-state index in [2.05, 4.69) is 8.02 Å². The first-order chi connectivity index (χ1) is 9.25. The van der Waals surface area contributed by atoms with Crippen LogP contribution in [0.25, 0.3) is 0 Å². The summed E-state index contributed by atoms with van der Waals surface area (Å²) in [5, 5.41) is 0. The van der Waals surface area contributed by atoms with Crippen LogP contribution in [-0.4, -0.2) is 29.4 Å². The summed E-state index contributed by atoms with van der Waals surface area (Å²) in [6, 6.07) is 0. The quantitative estimate of drug-likeness (QED) is 0.346. The van der Waals surface area contributed by atoms with Crippen LogP contribution in [0.15, 0.2) is 11.3 Å². The van der Waals surface area contributed by atoms with Gasteiger partial charge >= 0.3 is 21.6 Å². The van der Waals surface area contributed by atoms with E-state index in [1.807, 2.05) is 0 Å². The number of carbonyl (C=O) groups excluding carboxylic acids is 1.